The molecular formula is C22H25N5O2S. The third kappa shape index (κ3) is 3.71. The van der Waals surface area contributed by atoms with Crippen molar-refractivity contribution in [3.63, 3.8) is 0 Å². The molecule has 2 aliphatic rings. The number of carbonyl (C=O) groups excluding carboxylic acids is 1. The number of aromatic nitrogens is 3. The molecule has 1 aliphatic heterocycles. The molecule has 0 spiro atoms. The van der Waals surface area contributed by atoms with Crippen LogP contribution in [0.15, 0.2) is 30.6 Å². The number of ketones is 1. The lowest BCUT2D eigenvalue weighted by Crippen LogP contribution is -2.55. The van der Waals surface area contributed by atoms with Gasteiger partial charge in [-0.3, -0.25) is 9.78 Å². The lowest BCUT2D eigenvalue weighted by molar-refractivity contribution is 0.0784. The maximum absolute atomic E-state index is 13.0. The second-order valence-corrected chi connectivity index (χ2v) is 9.55. The third-order valence-electron chi connectivity index (χ3n) is 6.01. The first-order valence-electron chi connectivity index (χ1n) is 10.4. The van der Waals surface area contributed by atoms with Crippen molar-refractivity contribution in [2.45, 2.75) is 44.2 Å². The zero-order valence-electron chi connectivity index (χ0n) is 16.9. The Hall–Kier alpha value is -2.42. The molecule has 0 radical (unpaired) electrons. The summed E-state index contributed by atoms with van der Waals surface area (Å²) < 4.78 is 1.03. The van der Waals surface area contributed by atoms with Gasteiger partial charge >= 0.3 is 0 Å². The lowest BCUT2D eigenvalue weighted by Gasteiger charge is -2.40. The van der Waals surface area contributed by atoms with Crippen LogP contribution in [-0.4, -0.2) is 51.1 Å². The highest BCUT2D eigenvalue weighted by Crippen LogP contribution is 2.43. The number of anilines is 1. The summed E-state index contributed by atoms with van der Waals surface area (Å²) in [6.45, 7) is 3.22. The zero-order chi connectivity index (χ0) is 20.8. The largest absolute Gasteiger partial charge is 0.391 e. The van der Waals surface area contributed by atoms with Crippen LogP contribution < -0.4 is 10.6 Å². The van der Waals surface area contributed by atoms with E-state index < -0.39 is 6.10 Å². The van der Waals surface area contributed by atoms with Gasteiger partial charge < -0.3 is 15.7 Å². The number of aliphatic hydroxyl groups is 1. The Morgan fingerprint density at radius 2 is 2.10 bits per heavy atom. The normalized spacial score (nSPS) is 24.4. The van der Waals surface area contributed by atoms with Crippen molar-refractivity contribution in [3.8, 4) is 0 Å². The van der Waals surface area contributed by atoms with Crippen molar-refractivity contribution < 1.29 is 9.90 Å². The molecule has 156 valence electrons. The van der Waals surface area contributed by atoms with Crippen LogP contribution in [-0.2, 0) is 6.42 Å². The monoisotopic (exact) mass is 423 g/mol. The fraction of sp³-hybridized carbons (Fsp3) is 0.455. The number of pyridine rings is 2. The van der Waals surface area contributed by atoms with Gasteiger partial charge in [-0.2, -0.15) is 0 Å². The van der Waals surface area contributed by atoms with Gasteiger partial charge in [-0.15, -0.1) is 11.3 Å². The van der Waals surface area contributed by atoms with Crippen LogP contribution >= 0.6 is 11.3 Å². The topological polar surface area (TPSA) is 105 Å². The van der Waals surface area contributed by atoms with Gasteiger partial charge in [0.25, 0.3) is 0 Å². The molecule has 1 saturated heterocycles. The SMILES string of the molecule is C[C@H]1CN(c2ccncc2CC(=O)c2ccc3sc(C4CC4)nc3n2)C[C@@H](N)[C@@H]1O. The summed E-state index contributed by atoms with van der Waals surface area (Å²) >= 11 is 1.68. The number of rotatable bonds is 5. The first-order chi connectivity index (χ1) is 14.5. The molecule has 8 heteroatoms. The molecule has 1 aliphatic carbocycles. The van der Waals surface area contributed by atoms with Crippen LogP contribution in [0.1, 0.15) is 46.7 Å². The van der Waals surface area contributed by atoms with Gasteiger partial charge in [0, 0.05) is 61.0 Å². The van der Waals surface area contributed by atoms with Crippen LogP contribution in [0.4, 0.5) is 5.69 Å². The van der Waals surface area contributed by atoms with Crippen LogP contribution in [0.3, 0.4) is 0 Å². The maximum Gasteiger partial charge on any atom is 0.185 e. The summed E-state index contributed by atoms with van der Waals surface area (Å²) in [4.78, 5) is 28.6. The van der Waals surface area contributed by atoms with E-state index in [0.29, 0.717) is 30.3 Å². The minimum atomic E-state index is -0.511. The molecule has 4 heterocycles. The molecule has 3 N–H and O–H groups in total. The summed E-state index contributed by atoms with van der Waals surface area (Å²) in [5.74, 6) is 0.583. The predicted molar refractivity (Wildman–Crippen MR) is 117 cm³/mol. The number of hydrogen-bond donors (Lipinski definition) is 2. The summed E-state index contributed by atoms with van der Waals surface area (Å²) in [6.07, 6.45) is 5.56. The highest BCUT2D eigenvalue weighted by atomic mass is 32.1. The molecule has 5 rings (SSSR count). The number of carbonyl (C=O) groups is 1. The van der Waals surface area contributed by atoms with Gasteiger partial charge in [0.15, 0.2) is 11.4 Å². The van der Waals surface area contributed by atoms with Gasteiger partial charge in [-0.1, -0.05) is 6.92 Å². The molecule has 3 aromatic rings. The average molecular weight is 424 g/mol. The molecule has 3 aromatic heterocycles. The van der Waals surface area contributed by atoms with Gasteiger partial charge in [0.2, 0.25) is 0 Å². The van der Waals surface area contributed by atoms with E-state index >= 15 is 0 Å². The van der Waals surface area contributed by atoms with E-state index in [1.165, 1.54) is 12.8 Å². The number of piperidine rings is 1. The maximum atomic E-state index is 13.0. The quantitative estimate of drug-likeness (QED) is 0.608. The molecule has 30 heavy (non-hydrogen) atoms. The average Bonchev–Trinajstić information content (AvgIpc) is 3.50. The second kappa shape index (κ2) is 7.68. The number of hydrogen-bond acceptors (Lipinski definition) is 8. The van der Waals surface area contributed by atoms with E-state index in [-0.39, 0.29) is 24.2 Å². The number of nitrogens with zero attached hydrogens (tertiary/aromatic N) is 4. The Kier molecular flexibility index (Phi) is 5.00. The third-order valence-corrected chi connectivity index (χ3v) is 7.19. The van der Waals surface area contributed by atoms with Crippen molar-refractivity contribution in [3.05, 3.63) is 46.9 Å². The summed E-state index contributed by atoms with van der Waals surface area (Å²) in [5.41, 5.74) is 9.02. The number of thiazole rings is 1. The molecule has 7 nitrogen and oxygen atoms in total. The molecule has 0 unspecified atom stereocenters. The highest BCUT2D eigenvalue weighted by Gasteiger charge is 2.32. The molecular weight excluding hydrogens is 398 g/mol. The molecule has 3 atom stereocenters. The molecule has 0 aromatic carbocycles. The van der Waals surface area contributed by atoms with Crippen molar-refractivity contribution in [2.75, 3.05) is 18.0 Å². The van der Waals surface area contributed by atoms with E-state index in [1.807, 2.05) is 19.1 Å². The Labute approximate surface area is 179 Å². The first-order valence-corrected chi connectivity index (χ1v) is 11.2. The van der Waals surface area contributed by atoms with E-state index in [9.17, 15) is 9.90 Å². The number of aliphatic hydroxyl groups excluding tert-OH is 1. The van der Waals surface area contributed by atoms with E-state index in [2.05, 4.69) is 19.9 Å². The standard InChI is InChI=1S/C22H25N5O2S/c1-12-10-27(11-15(23)20(12)29)17-6-7-24-9-14(17)8-18(28)16-4-5-19-21(25-16)26-22(30-19)13-2-3-13/h4-7,9,12-13,15,20,29H,2-3,8,10-11,23H2,1H3/t12-,15+,20+/m0/s1. The van der Waals surface area contributed by atoms with Crippen LogP contribution in [0.2, 0.25) is 0 Å². The van der Waals surface area contributed by atoms with E-state index in [0.717, 1.165) is 21.0 Å². The summed E-state index contributed by atoms with van der Waals surface area (Å²) in [6, 6.07) is 5.35. The van der Waals surface area contributed by atoms with Gasteiger partial charge in [0.05, 0.1) is 15.8 Å². The highest BCUT2D eigenvalue weighted by molar-refractivity contribution is 7.18. The van der Waals surface area contributed by atoms with E-state index in [4.69, 9.17) is 5.73 Å². The summed E-state index contributed by atoms with van der Waals surface area (Å²) in [7, 11) is 0. The van der Waals surface area contributed by atoms with Gasteiger partial charge in [-0.25, -0.2) is 9.97 Å². The predicted octanol–water partition coefficient (Wildman–Crippen LogP) is 2.53. The van der Waals surface area contributed by atoms with Crippen LogP contribution in [0.5, 0.6) is 0 Å². The zero-order valence-corrected chi connectivity index (χ0v) is 17.7. The number of Topliss-reactive ketones (excluding diaryl/α,β-unsaturated/α-hetero) is 1. The van der Waals surface area contributed by atoms with Crippen molar-refractivity contribution in [1.29, 1.82) is 0 Å². The van der Waals surface area contributed by atoms with Gasteiger partial charge in [0.1, 0.15) is 5.69 Å². The molecule has 0 bridgehead atoms. The first kappa shape index (κ1) is 19.5. The van der Waals surface area contributed by atoms with Crippen LogP contribution in [0, 0.1) is 5.92 Å². The Bertz CT molecular complexity index is 1080. The lowest BCUT2D eigenvalue weighted by atomic mass is 9.92. The van der Waals surface area contributed by atoms with Crippen molar-refractivity contribution in [1.82, 2.24) is 15.0 Å². The van der Waals surface area contributed by atoms with E-state index in [1.54, 1.807) is 29.8 Å². The second-order valence-electron chi connectivity index (χ2n) is 8.49. The van der Waals surface area contributed by atoms with Crippen LogP contribution in [0.25, 0.3) is 10.3 Å². The van der Waals surface area contributed by atoms with Gasteiger partial charge in [-0.05, 0) is 31.0 Å². The summed E-state index contributed by atoms with van der Waals surface area (Å²) in [5, 5.41) is 11.3. The Morgan fingerprint density at radius 3 is 2.87 bits per heavy atom. The fourth-order valence-corrected chi connectivity index (χ4v) is 5.21. The minimum absolute atomic E-state index is 0.0542. The smallest absolute Gasteiger partial charge is 0.185 e. The number of nitrogens with two attached hydrogens (primary N) is 1. The van der Waals surface area contributed by atoms with Crippen molar-refractivity contribution >= 4 is 33.2 Å². The Balaban J connectivity index is 1.38. The van der Waals surface area contributed by atoms with Crippen molar-refractivity contribution in [2.24, 2.45) is 11.7 Å². The fourth-order valence-electron chi connectivity index (χ4n) is 4.13. The minimum Gasteiger partial charge on any atom is -0.391 e. The molecule has 2 fully saturated rings. The number of fused-ring (bicyclic) bond motifs is 1. The Morgan fingerprint density at radius 1 is 1.27 bits per heavy atom. The molecule has 1 saturated carbocycles. The molecule has 0 amide bonds.